The van der Waals surface area contributed by atoms with Crippen molar-refractivity contribution in [2.24, 2.45) is 0 Å². The Morgan fingerprint density at radius 1 is 1.88 bits per heavy atom. The topological polar surface area (TPSA) is 29.1 Å². The van der Waals surface area contributed by atoms with Gasteiger partial charge < -0.3 is 0 Å². The van der Waals surface area contributed by atoms with Crippen LogP contribution >= 0.6 is 23.5 Å². The number of nitrogens with one attached hydrogen (secondary N) is 1. The number of alkyl halides is 1. The lowest BCUT2D eigenvalue weighted by molar-refractivity contribution is -0.118. The summed E-state index contributed by atoms with van der Waals surface area (Å²) >= 11 is 6.96. The summed E-state index contributed by atoms with van der Waals surface area (Å²) in [5.41, 5.74) is 0. The molecule has 0 radical (unpaired) electrons. The first kappa shape index (κ1) is 6.23. The van der Waals surface area contributed by atoms with Crippen molar-refractivity contribution in [3.8, 4) is 0 Å². The monoisotopic (exact) mass is 151 g/mol. The molecule has 8 heavy (non-hydrogen) atoms. The van der Waals surface area contributed by atoms with Crippen molar-refractivity contribution in [1.82, 2.24) is 4.72 Å². The molecule has 0 aromatic heterocycles. The molecule has 0 saturated carbocycles. The molecule has 46 valence electrons. The molecular weight excluding hydrogens is 146 g/mol. The molecule has 2 unspecified atom stereocenters. The number of carbonyl (C=O) groups is 1. The lowest BCUT2D eigenvalue weighted by Gasteiger charge is -1.96. The van der Waals surface area contributed by atoms with E-state index < -0.39 is 0 Å². The Balaban J connectivity index is 2.56. The Bertz CT molecular complexity index is 119. The van der Waals surface area contributed by atoms with Gasteiger partial charge in [-0.2, -0.15) is 0 Å². The lowest BCUT2D eigenvalue weighted by Crippen LogP contribution is -2.19. The second kappa shape index (κ2) is 2.15. The van der Waals surface area contributed by atoms with E-state index in [-0.39, 0.29) is 16.5 Å². The summed E-state index contributed by atoms with van der Waals surface area (Å²) in [5, 5.41) is -0.121. The fraction of sp³-hybridized carbons (Fsp3) is 0.750. The van der Waals surface area contributed by atoms with Crippen LogP contribution in [0, 0.1) is 0 Å². The standard InChI is InChI=1S/C4H6ClNOS/c1-2-3(5)4(7)6-8-2/h2-3H,1H3,(H,6,7). The summed E-state index contributed by atoms with van der Waals surface area (Å²) in [4.78, 5) is 10.5. The van der Waals surface area contributed by atoms with Gasteiger partial charge >= 0.3 is 0 Å². The summed E-state index contributed by atoms with van der Waals surface area (Å²) in [6.45, 7) is 1.92. The molecule has 1 aliphatic heterocycles. The molecule has 1 rings (SSSR count). The second-order valence-corrected chi connectivity index (χ2v) is 3.34. The van der Waals surface area contributed by atoms with Gasteiger partial charge in [-0.1, -0.05) is 0 Å². The third-order valence-electron chi connectivity index (χ3n) is 1.01. The molecule has 1 N–H and O–H groups in total. The minimum absolute atomic E-state index is 0.0656. The minimum Gasteiger partial charge on any atom is -0.299 e. The van der Waals surface area contributed by atoms with E-state index >= 15 is 0 Å². The van der Waals surface area contributed by atoms with Gasteiger partial charge in [0.1, 0.15) is 5.38 Å². The number of carbonyl (C=O) groups excluding carboxylic acids is 1. The highest BCUT2D eigenvalue weighted by atomic mass is 35.5. The van der Waals surface area contributed by atoms with Crippen molar-refractivity contribution in [3.63, 3.8) is 0 Å². The third-order valence-corrected chi connectivity index (χ3v) is 2.70. The Kier molecular flexibility index (Phi) is 1.68. The molecule has 2 atom stereocenters. The van der Waals surface area contributed by atoms with Crippen molar-refractivity contribution in [3.05, 3.63) is 0 Å². The first-order valence-electron chi connectivity index (χ1n) is 2.31. The van der Waals surface area contributed by atoms with Crippen molar-refractivity contribution in [2.45, 2.75) is 17.6 Å². The smallest absolute Gasteiger partial charge is 0.249 e. The highest BCUT2D eigenvalue weighted by Crippen LogP contribution is 2.22. The maximum atomic E-state index is 10.5. The van der Waals surface area contributed by atoms with Gasteiger partial charge in [0.05, 0.1) is 0 Å². The van der Waals surface area contributed by atoms with Crippen LogP contribution in [0.4, 0.5) is 0 Å². The average molecular weight is 152 g/mol. The van der Waals surface area contributed by atoms with Crippen LogP contribution in [0.15, 0.2) is 0 Å². The zero-order chi connectivity index (χ0) is 6.15. The SMILES string of the molecule is CC1SNC(=O)C1Cl. The average Bonchev–Trinajstić information content (AvgIpc) is 1.98. The molecule has 1 heterocycles. The predicted molar refractivity (Wildman–Crippen MR) is 34.8 cm³/mol. The van der Waals surface area contributed by atoms with E-state index in [1.54, 1.807) is 0 Å². The number of rotatable bonds is 0. The van der Waals surface area contributed by atoms with Crippen molar-refractivity contribution >= 4 is 29.5 Å². The second-order valence-electron chi connectivity index (χ2n) is 1.69. The van der Waals surface area contributed by atoms with Gasteiger partial charge in [-0.3, -0.25) is 9.52 Å². The van der Waals surface area contributed by atoms with Crippen LogP contribution in [-0.2, 0) is 4.79 Å². The molecule has 0 aliphatic carbocycles. The Morgan fingerprint density at radius 3 is 2.62 bits per heavy atom. The highest BCUT2D eigenvalue weighted by molar-refractivity contribution is 7.99. The molecule has 1 amide bonds. The molecule has 0 bridgehead atoms. The summed E-state index contributed by atoms with van der Waals surface area (Å²) in [6, 6.07) is 0. The maximum absolute atomic E-state index is 10.5. The van der Waals surface area contributed by atoms with Crippen LogP contribution in [-0.4, -0.2) is 16.5 Å². The molecular formula is C4H6ClNOS. The third kappa shape index (κ3) is 0.928. The van der Waals surface area contributed by atoms with Crippen molar-refractivity contribution in [2.75, 3.05) is 0 Å². The summed E-state index contributed by atoms with van der Waals surface area (Å²) in [6.07, 6.45) is 0. The summed E-state index contributed by atoms with van der Waals surface area (Å²) < 4.78 is 2.56. The highest BCUT2D eigenvalue weighted by Gasteiger charge is 2.29. The molecule has 1 fully saturated rings. The van der Waals surface area contributed by atoms with Crippen LogP contribution in [0.5, 0.6) is 0 Å². The number of hydrogen-bond donors (Lipinski definition) is 1. The molecule has 1 saturated heterocycles. The normalized spacial score (nSPS) is 37.5. The largest absolute Gasteiger partial charge is 0.299 e. The van der Waals surface area contributed by atoms with E-state index in [0.29, 0.717) is 0 Å². The zero-order valence-electron chi connectivity index (χ0n) is 4.35. The van der Waals surface area contributed by atoms with Crippen LogP contribution in [0.2, 0.25) is 0 Å². The van der Waals surface area contributed by atoms with Gasteiger partial charge in [0.15, 0.2) is 0 Å². The van der Waals surface area contributed by atoms with E-state index in [0.717, 1.165) is 0 Å². The first-order valence-corrected chi connectivity index (χ1v) is 3.63. The van der Waals surface area contributed by atoms with E-state index in [4.69, 9.17) is 11.6 Å². The summed E-state index contributed by atoms with van der Waals surface area (Å²) in [7, 11) is 0. The van der Waals surface area contributed by atoms with Crippen LogP contribution in [0.1, 0.15) is 6.92 Å². The number of halogens is 1. The van der Waals surface area contributed by atoms with Crippen LogP contribution in [0.3, 0.4) is 0 Å². The fourth-order valence-corrected chi connectivity index (χ4v) is 1.43. The van der Waals surface area contributed by atoms with Gasteiger partial charge in [0, 0.05) is 5.25 Å². The van der Waals surface area contributed by atoms with Gasteiger partial charge in [-0.15, -0.1) is 11.6 Å². The van der Waals surface area contributed by atoms with Gasteiger partial charge in [-0.25, -0.2) is 0 Å². The number of amides is 1. The molecule has 4 heteroatoms. The van der Waals surface area contributed by atoms with Crippen LogP contribution in [0.25, 0.3) is 0 Å². The van der Waals surface area contributed by atoms with Gasteiger partial charge in [-0.05, 0) is 18.9 Å². The molecule has 0 spiro atoms. The van der Waals surface area contributed by atoms with Gasteiger partial charge in [0.2, 0.25) is 5.91 Å². The summed E-state index contributed by atoms with van der Waals surface area (Å²) in [5.74, 6) is -0.0656. The maximum Gasteiger partial charge on any atom is 0.249 e. The predicted octanol–water partition coefficient (Wildman–Crippen LogP) is 0.760. The molecule has 0 aromatic rings. The van der Waals surface area contributed by atoms with E-state index in [2.05, 4.69) is 4.72 Å². The molecule has 1 aliphatic rings. The Morgan fingerprint density at radius 2 is 2.50 bits per heavy atom. The van der Waals surface area contributed by atoms with Crippen molar-refractivity contribution in [1.29, 1.82) is 0 Å². The fourth-order valence-electron chi connectivity index (χ4n) is 0.480. The first-order chi connectivity index (χ1) is 3.72. The quantitative estimate of drug-likeness (QED) is 0.409. The van der Waals surface area contributed by atoms with Gasteiger partial charge in [0.25, 0.3) is 0 Å². The minimum atomic E-state index is -0.333. The van der Waals surface area contributed by atoms with E-state index in [1.165, 1.54) is 11.9 Å². The molecule has 2 nitrogen and oxygen atoms in total. The number of hydrogen-bond acceptors (Lipinski definition) is 2. The van der Waals surface area contributed by atoms with E-state index in [1.807, 2.05) is 6.92 Å². The lowest BCUT2D eigenvalue weighted by atomic mass is 10.3. The van der Waals surface area contributed by atoms with Crippen LogP contribution < -0.4 is 4.72 Å². The Labute approximate surface area is 57.1 Å². The van der Waals surface area contributed by atoms with Crippen molar-refractivity contribution < 1.29 is 4.79 Å². The van der Waals surface area contributed by atoms with E-state index in [9.17, 15) is 4.79 Å². The zero-order valence-corrected chi connectivity index (χ0v) is 5.92. The molecule has 0 aromatic carbocycles. The Hall–Kier alpha value is 0.110.